The summed E-state index contributed by atoms with van der Waals surface area (Å²) in [5, 5.41) is 0.993. The minimum atomic E-state index is 0.0121. The Hall–Kier alpha value is -1.64. The van der Waals surface area contributed by atoms with Crippen molar-refractivity contribution in [2.75, 3.05) is 0 Å². The van der Waals surface area contributed by atoms with Crippen LogP contribution < -0.4 is 5.56 Å². The molecule has 0 N–H and O–H groups in total. The van der Waals surface area contributed by atoms with Gasteiger partial charge in [0.25, 0.3) is 5.56 Å². The van der Waals surface area contributed by atoms with Crippen LogP contribution >= 0.6 is 0 Å². The van der Waals surface area contributed by atoms with Gasteiger partial charge in [0, 0.05) is 30.4 Å². The maximum atomic E-state index is 11.3. The fraction of sp³-hybridized carbons (Fsp3) is 0.200. The van der Waals surface area contributed by atoms with Gasteiger partial charge in [0.2, 0.25) is 0 Å². The summed E-state index contributed by atoms with van der Waals surface area (Å²) in [4.78, 5) is 15.4. The van der Waals surface area contributed by atoms with E-state index in [1.54, 1.807) is 29.9 Å². The maximum absolute atomic E-state index is 11.3. The van der Waals surface area contributed by atoms with Crippen molar-refractivity contribution in [3.8, 4) is 0 Å². The Morgan fingerprint density at radius 2 is 2.15 bits per heavy atom. The number of pyridine rings is 2. The van der Waals surface area contributed by atoms with Gasteiger partial charge in [-0.05, 0) is 19.1 Å². The lowest BCUT2D eigenvalue weighted by Gasteiger charge is -2.03. The molecule has 66 valence electrons. The average Bonchev–Trinajstić information content (AvgIpc) is 2.12. The van der Waals surface area contributed by atoms with E-state index in [-0.39, 0.29) is 5.56 Å². The largest absolute Gasteiger partial charge is 0.311 e. The molecule has 0 amide bonds. The van der Waals surface area contributed by atoms with Crippen LogP contribution in [0.5, 0.6) is 0 Å². The van der Waals surface area contributed by atoms with E-state index in [1.807, 2.05) is 13.0 Å². The van der Waals surface area contributed by atoms with Crippen LogP contribution in [0.2, 0.25) is 0 Å². The van der Waals surface area contributed by atoms with Crippen LogP contribution in [0.3, 0.4) is 0 Å². The summed E-state index contributed by atoms with van der Waals surface area (Å²) in [5.74, 6) is 0. The monoisotopic (exact) mass is 174 g/mol. The predicted molar refractivity (Wildman–Crippen MR) is 51.7 cm³/mol. The van der Waals surface area contributed by atoms with Crippen molar-refractivity contribution >= 4 is 10.9 Å². The third-order valence-corrected chi connectivity index (χ3v) is 2.15. The number of hydrogen-bond donors (Lipinski definition) is 0. The SMILES string of the molecule is Cc1cc2c(ccc(=O)n2C)cn1. The van der Waals surface area contributed by atoms with Gasteiger partial charge in [-0.2, -0.15) is 0 Å². The topological polar surface area (TPSA) is 34.9 Å². The van der Waals surface area contributed by atoms with Gasteiger partial charge in [0.05, 0.1) is 5.52 Å². The Bertz CT molecular complexity index is 514. The zero-order valence-electron chi connectivity index (χ0n) is 7.61. The van der Waals surface area contributed by atoms with Crippen molar-refractivity contribution in [2.24, 2.45) is 7.05 Å². The summed E-state index contributed by atoms with van der Waals surface area (Å²) in [6, 6.07) is 5.26. The molecule has 0 saturated carbocycles. The number of nitrogens with zero attached hydrogens (tertiary/aromatic N) is 2. The van der Waals surface area contributed by atoms with E-state index in [4.69, 9.17) is 0 Å². The number of aromatic nitrogens is 2. The summed E-state index contributed by atoms with van der Waals surface area (Å²) in [5.41, 5.74) is 1.87. The first kappa shape index (κ1) is 7.98. The average molecular weight is 174 g/mol. The molecule has 0 atom stereocenters. The number of fused-ring (bicyclic) bond motifs is 1. The predicted octanol–water partition coefficient (Wildman–Crippen LogP) is 1.24. The summed E-state index contributed by atoms with van der Waals surface area (Å²) in [7, 11) is 1.77. The van der Waals surface area contributed by atoms with Crippen LogP contribution in [0.15, 0.2) is 29.2 Å². The highest BCUT2D eigenvalue weighted by atomic mass is 16.1. The molecule has 0 unspecified atom stereocenters. The second-order valence-electron chi connectivity index (χ2n) is 3.12. The van der Waals surface area contributed by atoms with Gasteiger partial charge in [-0.25, -0.2) is 0 Å². The fourth-order valence-electron chi connectivity index (χ4n) is 1.37. The molecule has 0 aliphatic heterocycles. The van der Waals surface area contributed by atoms with Crippen LogP contribution in [0.4, 0.5) is 0 Å². The normalized spacial score (nSPS) is 10.6. The highest BCUT2D eigenvalue weighted by Gasteiger charge is 1.98. The molecule has 0 aliphatic rings. The molecule has 0 spiro atoms. The third kappa shape index (κ3) is 1.22. The van der Waals surface area contributed by atoms with E-state index >= 15 is 0 Å². The molecule has 0 aliphatic carbocycles. The van der Waals surface area contributed by atoms with Crippen molar-refractivity contribution in [1.29, 1.82) is 0 Å². The van der Waals surface area contributed by atoms with Gasteiger partial charge in [-0.15, -0.1) is 0 Å². The molecule has 2 aromatic heterocycles. The molecule has 2 rings (SSSR count). The van der Waals surface area contributed by atoms with E-state index in [0.29, 0.717) is 0 Å². The van der Waals surface area contributed by atoms with Crippen molar-refractivity contribution in [3.63, 3.8) is 0 Å². The Kier molecular flexibility index (Phi) is 1.65. The van der Waals surface area contributed by atoms with E-state index in [0.717, 1.165) is 16.6 Å². The summed E-state index contributed by atoms with van der Waals surface area (Å²) < 4.78 is 1.63. The zero-order valence-corrected chi connectivity index (χ0v) is 7.61. The maximum Gasteiger partial charge on any atom is 0.250 e. The van der Waals surface area contributed by atoms with Crippen LogP contribution in [0, 0.1) is 6.92 Å². The number of rotatable bonds is 0. The van der Waals surface area contributed by atoms with Crippen LogP contribution in [0.1, 0.15) is 5.69 Å². The molecular weight excluding hydrogens is 164 g/mol. The Balaban J connectivity index is 2.97. The molecule has 0 radical (unpaired) electrons. The smallest absolute Gasteiger partial charge is 0.250 e. The minimum Gasteiger partial charge on any atom is -0.311 e. The van der Waals surface area contributed by atoms with Gasteiger partial charge >= 0.3 is 0 Å². The molecule has 2 aromatic rings. The standard InChI is InChI=1S/C10H10N2O/c1-7-5-9-8(6-11-7)3-4-10(13)12(9)2/h3-6H,1-2H3. The quantitative estimate of drug-likeness (QED) is 0.602. The molecule has 13 heavy (non-hydrogen) atoms. The molecule has 0 saturated heterocycles. The zero-order chi connectivity index (χ0) is 9.42. The van der Waals surface area contributed by atoms with Crippen LogP contribution in [-0.2, 0) is 7.05 Å². The Labute approximate surface area is 75.7 Å². The van der Waals surface area contributed by atoms with Crippen molar-refractivity contribution in [2.45, 2.75) is 6.92 Å². The molecule has 2 heterocycles. The molecule has 0 aromatic carbocycles. The molecule has 0 fully saturated rings. The highest BCUT2D eigenvalue weighted by molar-refractivity contribution is 5.78. The summed E-state index contributed by atoms with van der Waals surface area (Å²) >= 11 is 0. The van der Waals surface area contributed by atoms with E-state index in [1.165, 1.54) is 0 Å². The second-order valence-corrected chi connectivity index (χ2v) is 3.12. The van der Waals surface area contributed by atoms with Crippen LogP contribution in [-0.4, -0.2) is 9.55 Å². The van der Waals surface area contributed by atoms with E-state index < -0.39 is 0 Å². The van der Waals surface area contributed by atoms with E-state index in [9.17, 15) is 4.79 Å². The lowest BCUT2D eigenvalue weighted by molar-refractivity contribution is 0.903. The van der Waals surface area contributed by atoms with Gasteiger partial charge in [0.1, 0.15) is 0 Å². The first-order valence-corrected chi connectivity index (χ1v) is 4.11. The lowest BCUT2D eigenvalue weighted by Crippen LogP contribution is -2.15. The van der Waals surface area contributed by atoms with Gasteiger partial charge in [-0.1, -0.05) is 0 Å². The van der Waals surface area contributed by atoms with Crippen molar-refractivity contribution in [1.82, 2.24) is 9.55 Å². The van der Waals surface area contributed by atoms with E-state index in [2.05, 4.69) is 4.98 Å². The fourth-order valence-corrected chi connectivity index (χ4v) is 1.37. The molecule has 3 heteroatoms. The first-order chi connectivity index (χ1) is 6.18. The van der Waals surface area contributed by atoms with Gasteiger partial charge < -0.3 is 4.57 Å². The Morgan fingerprint density at radius 3 is 2.92 bits per heavy atom. The van der Waals surface area contributed by atoms with Gasteiger partial charge in [-0.3, -0.25) is 9.78 Å². The number of aryl methyl sites for hydroxylation is 2. The minimum absolute atomic E-state index is 0.0121. The number of hydrogen-bond acceptors (Lipinski definition) is 2. The summed E-state index contributed by atoms with van der Waals surface area (Å²) in [6.45, 7) is 1.91. The molecule has 0 bridgehead atoms. The second kappa shape index (κ2) is 2.69. The molecule has 3 nitrogen and oxygen atoms in total. The summed E-state index contributed by atoms with van der Waals surface area (Å²) in [6.07, 6.45) is 1.78. The van der Waals surface area contributed by atoms with Gasteiger partial charge in [0.15, 0.2) is 0 Å². The molecular formula is C10H10N2O. The van der Waals surface area contributed by atoms with Crippen LogP contribution in [0.25, 0.3) is 10.9 Å². The van der Waals surface area contributed by atoms with Crippen molar-refractivity contribution < 1.29 is 0 Å². The Morgan fingerprint density at radius 1 is 1.38 bits per heavy atom. The first-order valence-electron chi connectivity index (χ1n) is 4.11. The van der Waals surface area contributed by atoms with Crippen molar-refractivity contribution in [3.05, 3.63) is 40.4 Å². The highest BCUT2D eigenvalue weighted by Crippen LogP contribution is 2.09. The third-order valence-electron chi connectivity index (χ3n) is 2.15. The lowest BCUT2D eigenvalue weighted by atomic mass is 10.2.